The van der Waals surface area contributed by atoms with Crippen molar-refractivity contribution in [1.29, 1.82) is 0 Å². The summed E-state index contributed by atoms with van der Waals surface area (Å²) in [5.74, 6) is 0.865. The minimum Gasteiger partial charge on any atom is -0.448 e. The Morgan fingerprint density at radius 3 is 2.71 bits per heavy atom. The quantitative estimate of drug-likeness (QED) is 0.476. The normalized spacial score (nSPS) is 44.6. The Labute approximate surface area is 102 Å². The molecule has 2 bridgehead atoms. The SMILES string of the molecule is C/C=C1\N=C2C[C@@H]3C[C@@H](C3(C)C)[C@]2(C)OC1=O. The van der Waals surface area contributed by atoms with Gasteiger partial charge in [0.15, 0.2) is 5.60 Å². The van der Waals surface area contributed by atoms with Crippen LogP contribution in [0.15, 0.2) is 16.8 Å². The molecule has 92 valence electrons. The second kappa shape index (κ2) is 3.01. The Kier molecular flexibility index (Phi) is 1.94. The maximum absolute atomic E-state index is 11.9. The Morgan fingerprint density at radius 2 is 2.12 bits per heavy atom. The number of aliphatic imine (C=N–C) groups is 1. The van der Waals surface area contributed by atoms with Gasteiger partial charge in [0.1, 0.15) is 5.70 Å². The van der Waals surface area contributed by atoms with E-state index >= 15 is 0 Å². The molecule has 0 amide bonds. The molecule has 3 nitrogen and oxygen atoms in total. The molecule has 0 radical (unpaired) electrons. The molecule has 0 saturated heterocycles. The number of hydrogen-bond acceptors (Lipinski definition) is 3. The van der Waals surface area contributed by atoms with Gasteiger partial charge in [0.25, 0.3) is 0 Å². The van der Waals surface area contributed by atoms with Crippen LogP contribution in [0.25, 0.3) is 0 Å². The van der Waals surface area contributed by atoms with Crippen molar-refractivity contribution in [1.82, 2.24) is 0 Å². The van der Waals surface area contributed by atoms with Crippen LogP contribution in [-0.4, -0.2) is 17.3 Å². The summed E-state index contributed by atoms with van der Waals surface area (Å²) in [5, 5.41) is 0. The van der Waals surface area contributed by atoms with Gasteiger partial charge in [-0.2, -0.15) is 0 Å². The molecular formula is C14H19NO2. The van der Waals surface area contributed by atoms with Crippen LogP contribution in [0.1, 0.15) is 40.5 Å². The topological polar surface area (TPSA) is 38.7 Å². The van der Waals surface area contributed by atoms with E-state index in [1.807, 2.05) is 13.8 Å². The Bertz CT molecular complexity index is 461. The van der Waals surface area contributed by atoms with Crippen molar-refractivity contribution in [3.05, 3.63) is 11.8 Å². The third-order valence-corrected chi connectivity index (χ3v) is 5.19. The van der Waals surface area contributed by atoms with Crippen molar-refractivity contribution in [3.63, 3.8) is 0 Å². The average molecular weight is 233 g/mol. The van der Waals surface area contributed by atoms with Gasteiger partial charge in [-0.3, -0.25) is 0 Å². The number of carbonyl (C=O) groups is 1. The molecule has 0 aromatic rings. The maximum atomic E-state index is 11.9. The number of esters is 1. The van der Waals surface area contributed by atoms with Gasteiger partial charge in [0.2, 0.25) is 0 Å². The van der Waals surface area contributed by atoms with Crippen molar-refractivity contribution >= 4 is 11.7 Å². The zero-order chi connectivity index (χ0) is 12.4. The Hall–Kier alpha value is -1.12. The van der Waals surface area contributed by atoms with Gasteiger partial charge >= 0.3 is 5.97 Å². The van der Waals surface area contributed by atoms with Crippen LogP contribution >= 0.6 is 0 Å². The fourth-order valence-electron chi connectivity index (χ4n) is 3.84. The summed E-state index contributed by atoms with van der Waals surface area (Å²) < 4.78 is 5.73. The highest BCUT2D eigenvalue weighted by Gasteiger charge is 2.65. The zero-order valence-electron chi connectivity index (χ0n) is 10.9. The first kappa shape index (κ1) is 11.0. The number of carbonyl (C=O) groups excluding carboxylic acids is 1. The zero-order valence-corrected chi connectivity index (χ0v) is 10.9. The van der Waals surface area contributed by atoms with Crippen molar-refractivity contribution in [2.75, 3.05) is 0 Å². The molecule has 3 aliphatic carbocycles. The maximum Gasteiger partial charge on any atom is 0.357 e. The van der Waals surface area contributed by atoms with Crippen LogP contribution in [0.5, 0.6) is 0 Å². The molecule has 1 heterocycles. The lowest BCUT2D eigenvalue weighted by Crippen LogP contribution is -2.67. The largest absolute Gasteiger partial charge is 0.448 e. The van der Waals surface area contributed by atoms with E-state index in [9.17, 15) is 4.79 Å². The fraction of sp³-hybridized carbons (Fsp3) is 0.714. The van der Waals surface area contributed by atoms with E-state index in [1.54, 1.807) is 6.08 Å². The molecule has 4 rings (SSSR count). The fourth-order valence-corrected chi connectivity index (χ4v) is 3.84. The van der Waals surface area contributed by atoms with Crippen molar-refractivity contribution in [2.24, 2.45) is 22.2 Å². The van der Waals surface area contributed by atoms with Gasteiger partial charge in [-0.1, -0.05) is 19.9 Å². The van der Waals surface area contributed by atoms with Crippen LogP contribution in [0.2, 0.25) is 0 Å². The molecule has 0 aromatic carbocycles. The average Bonchev–Trinajstić information content (AvgIpc) is 2.25. The molecule has 4 aliphatic rings. The Balaban J connectivity index is 2.06. The van der Waals surface area contributed by atoms with E-state index in [0.717, 1.165) is 12.1 Å². The summed E-state index contributed by atoms with van der Waals surface area (Å²) in [6.07, 6.45) is 3.88. The van der Waals surface area contributed by atoms with Gasteiger partial charge in [-0.25, -0.2) is 9.79 Å². The third-order valence-electron chi connectivity index (χ3n) is 5.19. The van der Waals surface area contributed by atoms with Gasteiger partial charge in [-0.15, -0.1) is 0 Å². The molecule has 3 heteroatoms. The van der Waals surface area contributed by atoms with Crippen LogP contribution in [0.3, 0.4) is 0 Å². The van der Waals surface area contributed by atoms with Gasteiger partial charge in [0, 0.05) is 5.92 Å². The van der Waals surface area contributed by atoms with E-state index in [0.29, 0.717) is 17.5 Å². The summed E-state index contributed by atoms with van der Waals surface area (Å²) in [6.45, 7) is 8.44. The highest BCUT2D eigenvalue weighted by Crippen LogP contribution is 2.63. The number of ether oxygens (including phenoxy) is 1. The number of allylic oxidation sites excluding steroid dienone is 1. The van der Waals surface area contributed by atoms with E-state index in [4.69, 9.17) is 4.74 Å². The van der Waals surface area contributed by atoms with Gasteiger partial charge < -0.3 is 4.74 Å². The van der Waals surface area contributed by atoms with Gasteiger partial charge in [-0.05, 0) is 38.0 Å². The standard InChI is InChI=1S/C14H19NO2/c1-5-9-12(16)17-14(4)10-6-8(13(10,2)3)7-11(14)15-9/h5,8,10H,6-7H2,1-4H3/b9-5-/t8-,10-,14-/m0/s1. The van der Waals surface area contributed by atoms with Crippen LogP contribution in [-0.2, 0) is 9.53 Å². The molecule has 3 saturated carbocycles. The molecule has 0 N–H and O–H groups in total. The van der Waals surface area contributed by atoms with Crippen molar-refractivity contribution in [2.45, 2.75) is 46.1 Å². The number of nitrogens with zero attached hydrogens (tertiary/aromatic N) is 1. The highest BCUT2D eigenvalue weighted by atomic mass is 16.6. The summed E-state index contributed by atoms with van der Waals surface area (Å²) in [4.78, 5) is 16.4. The monoisotopic (exact) mass is 233 g/mol. The second-order valence-corrected chi connectivity index (χ2v) is 6.24. The summed E-state index contributed by atoms with van der Waals surface area (Å²) in [5.41, 5.74) is 1.37. The summed E-state index contributed by atoms with van der Waals surface area (Å²) in [6, 6.07) is 0. The van der Waals surface area contributed by atoms with Gasteiger partial charge in [0.05, 0.1) is 5.71 Å². The van der Waals surface area contributed by atoms with E-state index < -0.39 is 5.60 Å². The highest BCUT2D eigenvalue weighted by molar-refractivity contribution is 6.04. The van der Waals surface area contributed by atoms with Crippen LogP contribution in [0, 0.1) is 17.3 Å². The minimum atomic E-state index is -0.457. The molecule has 3 fully saturated rings. The molecule has 17 heavy (non-hydrogen) atoms. The lowest BCUT2D eigenvalue weighted by molar-refractivity contribution is -0.181. The van der Waals surface area contributed by atoms with E-state index in [-0.39, 0.29) is 11.4 Å². The predicted molar refractivity (Wildman–Crippen MR) is 65.7 cm³/mol. The predicted octanol–water partition coefficient (Wildman–Crippen LogP) is 2.71. The molecule has 3 atom stereocenters. The lowest BCUT2D eigenvalue weighted by Gasteiger charge is -2.64. The first-order valence-electron chi connectivity index (χ1n) is 6.37. The summed E-state index contributed by atoms with van der Waals surface area (Å²) >= 11 is 0. The minimum absolute atomic E-state index is 0.264. The molecular weight excluding hydrogens is 214 g/mol. The smallest absolute Gasteiger partial charge is 0.357 e. The van der Waals surface area contributed by atoms with Crippen molar-refractivity contribution < 1.29 is 9.53 Å². The lowest BCUT2D eigenvalue weighted by atomic mass is 9.43. The molecule has 0 aromatic heterocycles. The Morgan fingerprint density at radius 1 is 1.41 bits per heavy atom. The molecule has 0 spiro atoms. The van der Waals surface area contributed by atoms with E-state index in [2.05, 4.69) is 18.8 Å². The molecule has 0 unspecified atom stereocenters. The van der Waals surface area contributed by atoms with Crippen molar-refractivity contribution in [3.8, 4) is 0 Å². The molecule has 1 aliphatic heterocycles. The first-order chi connectivity index (χ1) is 7.89. The van der Waals surface area contributed by atoms with Crippen LogP contribution in [0.4, 0.5) is 0 Å². The van der Waals surface area contributed by atoms with Crippen LogP contribution < -0.4 is 0 Å². The first-order valence-corrected chi connectivity index (χ1v) is 6.37. The number of rotatable bonds is 0. The third kappa shape index (κ3) is 1.17. The second-order valence-electron chi connectivity index (χ2n) is 6.24. The summed E-state index contributed by atoms with van der Waals surface area (Å²) in [7, 11) is 0. The number of hydrogen-bond donors (Lipinski definition) is 0. The van der Waals surface area contributed by atoms with E-state index in [1.165, 1.54) is 6.42 Å².